The third-order valence-electron chi connectivity index (χ3n) is 2.93. The molecule has 0 bridgehead atoms. The number of aliphatic carboxylic acids is 1. The molecule has 0 saturated carbocycles. The van der Waals surface area contributed by atoms with Gasteiger partial charge in [0.2, 0.25) is 0 Å². The Hall–Kier alpha value is -1.29. The highest BCUT2D eigenvalue weighted by Crippen LogP contribution is 2.20. The van der Waals surface area contributed by atoms with Crippen LogP contribution in [0.2, 0.25) is 0 Å². The molecule has 82 valence electrons. The molecule has 1 atom stereocenters. The fourth-order valence-electron chi connectivity index (χ4n) is 2.18. The molecule has 1 aromatic heterocycles. The van der Waals surface area contributed by atoms with Gasteiger partial charge in [0.1, 0.15) is 6.04 Å². The standard InChI is InChI=1S/C11H16N2O2/c1-12-6-4-9(7-12)8-13-5-2-3-10(13)11(14)15/h4,6-7,10H,2-3,5,8H2,1H3,(H,14,15). The van der Waals surface area contributed by atoms with Gasteiger partial charge >= 0.3 is 5.97 Å². The van der Waals surface area contributed by atoms with Gasteiger partial charge in [-0.25, -0.2) is 0 Å². The van der Waals surface area contributed by atoms with Crippen molar-refractivity contribution >= 4 is 5.97 Å². The lowest BCUT2D eigenvalue weighted by atomic mass is 10.2. The summed E-state index contributed by atoms with van der Waals surface area (Å²) in [6.45, 7) is 1.64. The lowest BCUT2D eigenvalue weighted by Crippen LogP contribution is -2.35. The van der Waals surface area contributed by atoms with Crippen molar-refractivity contribution in [2.45, 2.75) is 25.4 Å². The highest BCUT2D eigenvalue weighted by atomic mass is 16.4. The van der Waals surface area contributed by atoms with E-state index in [9.17, 15) is 4.79 Å². The minimum absolute atomic E-state index is 0.287. The molecule has 0 amide bonds. The Morgan fingerprint density at radius 3 is 3.07 bits per heavy atom. The fraction of sp³-hybridized carbons (Fsp3) is 0.545. The third kappa shape index (κ3) is 2.21. The van der Waals surface area contributed by atoms with Gasteiger partial charge in [0, 0.05) is 26.0 Å². The minimum Gasteiger partial charge on any atom is -0.480 e. The number of hydrogen-bond acceptors (Lipinski definition) is 2. The second-order valence-electron chi connectivity index (χ2n) is 4.15. The van der Waals surface area contributed by atoms with Gasteiger partial charge in [0.25, 0.3) is 0 Å². The molecule has 2 heterocycles. The highest BCUT2D eigenvalue weighted by Gasteiger charge is 2.30. The second kappa shape index (κ2) is 4.06. The molecule has 4 nitrogen and oxygen atoms in total. The van der Waals surface area contributed by atoms with Crippen LogP contribution < -0.4 is 0 Å². The predicted octanol–water partition coefficient (Wildman–Crippen LogP) is 1.07. The van der Waals surface area contributed by atoms with Crippen molar-refractivity contribution < 1.29 is 9.90 Å². The SMILES string of the molecule is Cn1ccc(CN2CCCC2C(=O)O)c1. The number of aromatic nitrogens is 1. The van der Waals surface area contributed by atoms with E-state index in [4.69, 9.17) is 5.11 Å². The zero-order valence-corrected chi connectivity index (χ0v) is 8.89. The maximum Gasteiger partial charge on any atom is 0.320 e. The summed E-state index contributed by atoms with van der Waals surface area (Å²) < 4.78 is 1.99. The molecule has 1 aromatic rings. The largest absolute Gasteiger partial charge is 0.480 e. The van der Waals surface area contributed by atoms with E-state index in [-0.39, 0.29) is 6.04 Å². The molecule has 15 heavy (non-hydrogen) atoms. The maximum atomic E-state index is 11.0. The molecule has 1 saturated heterocycles. The maximum absolute atomic E-state index is 11.0. The van der Waals surface area contributed by atoms with Crippen LogP contribution in [0.4, 0.5) is 0 Å². The number of carboxylic acids is 1. The average Bonchev–Trinajstić information content (AvgIpc) is 2.75. The van der Waals surface area contributed by atoms with Crippen molar-refractivity contribution in [3.05, 3.63) is 24.0 Å². The van der Waals surface area contributed by atoms with Crippen molar-refractivity contribution in [3.8, 4) is 0 Å². The number of hydrogen-bond donors (Lipinski definition) is 1. The Bertz CT molecular complexity index is 359. The first kappa shape index (κ1) is 10.2. The highest BCUT2D eigenvalue weighted by molar-refractivity contribution is 5.73. The molecule has 0 radical (unpaired) electrons. The monoisotopic (exact) mass is 208 g/mol. The van der Waals surface area contributed by atoms with Crippen molar-refractivity contribution in [2.75, 3.05) is 6.54 Å². The Morgan fingerprint density at radius 1 is 1.67 bits per heavy atom. The van der Waals surface area contributed by atoms with Crippen LogP contribution in [0.5, 0.6) is 0 Å². The van der Waals surface area contributed by atoms with Crippen molar-refractivity contribution in [3.63, 3.8) is 0 Å². The van der Waals surface area contributed by atoms with E-state index in [2.05, 4.69) is 0 Å². The summed E-state index contributed by atoms with van der Waals surface area (Å²) >= 11 is 0. The first-order chi connectivity index (χ1) is 7.16. The Morgan fingerprint density at radius 2 is 2.47 bits per heavy atom. The van der Waals surface area contributed by atoms with Crippen LogP contribution in [0.25, 0.3) is 0 Å². The summed E-state index contributed by atoms with van der Waals surface area (Å²) in [6, 6.07) is 1.75. The van der Waals surface area contributed by atoms with Gasteiger partial charge in [-0.15, -0.1) is 0 Å². The molecule has 1 N–H and O–H groups in total. The average molecular weight is 208 g/mol. The molecule has 2 rings (SSSR count). The quantitative estimate of drug-likeness (QED) is 0.808. The fourth-order valence-corrected chi connectivity index (χ4v) is 2.18. The predicted molar refractivity (Wildman–Crippen MR) is 56.5 cm³/mol. The first-order valence-electron chi connectivity index (χ1n) is 5.24. The van der Waals surface area contributed by atoms with Gasteiger partial charge in [-0.2, -0.15) is 0 Å². The zero-order valence-electron chi connectivity index (χ0n) is 8.89. The Kier molecular flexibility index (Phi) is 2.77. The van der Waals surface area contributed by atoms with Gasteiger partial charge in [0.05, 0.1) is 0 Å². The summed E-state index contributed by atoms with van der Waals surface area (Å²) in [5, 5.41) is 9.02. The van der Waals surface area contributed by atoms with Crippen LogP contribution in [-0.2, 0) is 18.4 Å². The zero-order chi connectivity index (χ0) is 10.8. The summed E-state index contributed by atoms with van der Waals surface area (Å²) in [7, 11) is 1.97. The number of nitrogens with zero attached hydrogens (tertiary/aromatic N) is 2. The van der Waals surface area contributed by atoms with Crippen molar-refractivity contribution in [1.29, 1.82) is 0 Å². The lowest BCUT2D eigenvalue weighted by Gasteiger charge is -2.20. The molecule has 0 aliphatic carbocycles. The second-order valence-corrected chi connectivity index (χ2v) is 4.15. The number of carbonyl (C=O) groups is 1. The molecule has 4 heteroatoms. The van der Waals surface area contributed by atoms with Crippen LogP contribution in [0.15, 0.2) is 18.5 Å². The van der Waals surface area contributed by atoms with E-state index in [1.54, 1.807) is 0 Å². The number of aryl methyl sites for hydroxylation is 1. The summed E-state index contributed by atoms with van der Waals surface area (Å²) in [4.78, 5) is 13.0. The molecule has 0 spiro atoms. The van der Waals surface area contributed by atoms with Crippen molar-refractivity contribution in [1.82, 2.24) is 9.47 Å². The molecule has 1 aliphatic heterocycles. The molecule has 0 aromatic carbocycles. The molecular weight excluding hydrogens is 192 g/mol. The molecule has 1 fully saturated rings. The van der Waals surface area contributed by atoms with Gasteiger partial charge in [-0.3, -0.25) is 9.69 Å². The summed E-state index contributed by atoms with van der Waals surface area (Å²) in [5.41, 5.74) is 1.19. The topological polar surface area (TPSA) is 45.5 Å². The van der Waals surface area contributed by atoms with Crippen molar-refractivity contribution in [2.24, 2.45) is 7.05 Å². The van der Waals surface area contributed by atoms with Gasteiger partial charge in [-0.1, -0.05) is 0 Å². The van der Waals surface area contributed by atoms with E-state index in [1.165, 1.54) is 5.56 Å². The van der Waals surface area contributed by atoms with Gasteiger partial charge in [-0.05, 0) is 31.0 Å². The smallest absolute Gasteiger partial charge is 0.320 e. The normalized spacial score (nSPS) is 22.1. The molecular formula is C11H16N2O2. The van der Waals surface area contributed by atoms with E-state index in [0.29, 0.717) is 0 Å². The van der Waals surface area contributed by atoms with E-state index >= 15 is 0 Å². The summed E-state index contributed by atoms with van der Waals surface area (Å²) in [6.07, 6.45) is 5.80. The van der Waals surface area contributed by atoms with Crippen LogP contribution in [-0.4, -0.2) is 33.1 Å². The van der Waals surface area contributed by atoms with Gasteiger partial charge in [0.15, 0.2) is 0 Å². The van der Waals surface area contributed by atoms with Crippen LogP contribution in [0, 0.1) is 0 Å². The lowest BCUT2D eigenvalue weighted by molar-refractivity contribution is -0.142. The molecule has 1 unspecified atom stereocenters. The Labute approximate surface area is 89.1 Å². The summed E-state index contributed by atoms with van der Waals surface area (Å²) in [5.74, 6) is -0.691. The third-order valence-corrected chi connectivity index (χ3v) is 2.93. The van der Waals surface area contributed by atoms with E-state index in [0.717, 1.165) is 25.9 Å². The van der Waals surface area contributed by atoms with E-state index < -0.39 is 5.97 Å². The number of carboxylic acid groups (broad SMARTS) is 1. The van der Waals surface area contributed by atoms with Gasteiger partial charge < -0.3 is 9.67 Å². The van der Waals surface area contributed by atoms with E-state index in [1.807, 2.05) is 35.0 Å². The number of rotatable bonds is 3. The van der Waals surface area contributed by atoms with Crippen LogP contribution in [0.1, 0.15) is 18.4 Å². The van der Waals surface area contributed by atoms with Crippen LogP contribution in [0.3, 0.4) is 0 Å². The van der Waals surface area contributed by atoms with Crippen LogP contribution >= 0.6 is 0 Å². The minimum atomic E-state index is -0.691. The number of likely N-dealkylation sites (tertiary alicyclic amines) is 1. The first-order valence-corrected chi connectivity index (χ1v) is 5.24. The Balaban J connectivity index is 2.02. The molecule has 1 aliphatic rings.